The molecule has 1 N–H and O–H groups in total. The van der Waals surface area contributed by atoms with Crippen LogP contribution in [-0.2, 0) is 12.8 Å². The number of hydrogen-bond acceptors (Lipinski definition) is 4. The molecule has 17 heavy (non-hydrogen) atoms. The van der Waals surface area contributed by atoms with E-state index < -0.39 is 6.10 Å². The first-order chi connectivity index (χ1) is 8.20. The topological polar surface area (TPSA) is 46.0 Å². The molecule has 3 nitrogen and oxygen atoms in total. The van der Waals surface area contributed by atoms with Gasteiger partial charge in [-0.3, -0.25) is 0 Å². The third kappa shape index (κ3) is 3.03. The maximum atomic E-state index is 10.1. The highest BCUT2D eigenvalue weighted by atomic mass is 35.5. The molecule has 0 spiro atoms. The van der Waals surface area contributed by atoms with Crippen molar-refractivity contribution >= 4 is 23.1 Å². The molecule has 1 atom stereocenters. The molecule has 5 heteroatoms. The SMILES string of the molecule is CCc1nnsc1C(O)Cc1ccc(Cl)cc1. The highest BCUT2D eigenvalue weighted by molar-refractivity contribution is 7.05. The molecule has 0 fully saturated rings. The molecule has 0 saturated heterocycles. The lowest BCUT2D eigenvalue weighted by atomic mass is 10.1. The summed E-state index contributed by atoms with van der Waals surface area (Å²) in [5, 5.41) is 14.8. The molecule has 90 valence electrons. The van der Waals surface area contributed by atoms with Crippen molar-refractivity contribution in [2.75, 3.05) is 0 Å². The lowest BCUT2D eigenvalue weighted by Gasteiger charge is -2.09. The third-order valence-electron chi connectivity index (χ3n) is 2.56. The molecule has 0 aliphatic heterocycles. The fourth-order valence-corrected chi connectivity index (χ4v) is 2.50. The monoisotopic (exact) mass is 268 g/mol. The fourth-order valence-electron chi connectivity index (χ4n) is 1.65. The van der Waals surface area contributed by atoms with Crippen molar-refractivity contribution in [2.24, 2.45) is 0 Å². The zero-order valence-electron chi connectivity index (χ0n) is 9.43. The maximum Gasteiger partial charge on any atom is 0.0957 e. The van der Waals surface area contributed by atoms with Crippen LogP contribution in [0.5, 0.6) is 0 Å². The van der Waals surface area contributed by atoms with Crippen LogP contribution in [0, 0.1) is 0 Å². The zero-order chi connectivity index (χ0) is 12.3. The van der Waals surface area contributed by atoms with E-state index in [1.54, 1.807) is 0 Å². The number of halogens is 1. The fraction of sp³-hybridized carbons (Fsp3) is 0.333. The number of benzene rings is 1. The molecule has 1 aromatic heterocycles. The van der Waals surface area contributed by atoms with E-state index in [1.165, 1.54) is 11.5 Å². The molecule has 0 aliphatic rings. The van der Waals surface area contributed by atoms with E-state index in [1.807, 2.05) is 31.2 Å². The van der Waals surface area contributed by atoms with Gasteiger partial charge in [0.25, 0.3) is 0 Å². The van der Waals surface area contributed by atoms with Gasteiger partial charge in [-0.05, 0) is 35.6 Å². The van der Waals surface area contributed by atoms with Gasteiger partial charge in [-0.25, -0.2) is 0 Å². The largest absolute Gasteiger partial charge is 0.387 e. The predicted octanol–water partition coefficient (Wildman–Crippen LogP) is 3.03. The predicted molar refractivity (Wildman–Crippen MR) is 69.4 cm³/mol. The van der Waals surface area contributed by atoms with Crippen LogP contribution >= 0.6 is 23.1 Å². The first-order valence-corrected chi connectivity index (χ1v) is 6.59. The summed E-state index contributed by atoms with van der Waals surface area (Å²) < 4.78 is 3.88. The van der Waals surface area contributed by atoms with Gasteiger partial charge in [-0.2, -0.15) is 0 Å². The lowest BCUT2D eigenvalue weighted by molar-refractivity contribution is 0.181. The number of aliphatic hydroxyl groups excluding tert-OH is 1. The summed E-state index contributed by atoms with van der Waals surface area (Å²) in [5.41, 5.74) is 1.94. The van der Waals surface area contributed by atoms with E-state index >= 15 is 0 Å². The van der Waals surface area contributed by atoms with Gasteiger partial charge in [0.2, 0.25) is 0 Å². The van der Waals surface area contributed by atoms with Gasteiger partial charge < -0.3 is 5.11 Å². The van der Waals surface area contributed by atoms with Crippen molar-refractivity contribution in [3.05, 3.63) is 45.4 Å². The standard InChI is InChI=1S/C12H13ClN2OS/c1-2-10-12(17-15-14-10)11(16)7-8-3-5-9(13)6-4-8/h3-6,11,16H,2,7H2,1H3. The lowest BCUT2D eigenvalue weighted by Crippen LogP contribution is -2.02. The third-order valence-corrected chi connectivity index (χ3v) is 3.68. The Labute approximate surface area is 109 Å². The maximum absolute atomic E-state index is 10.1. The molecule has 0 aliphatic carbocycles. The van der Waals surface area contributed by atoms with Gasteiger partial charge in [0.05, 0.1) is 16.7 Å². The number of aromatic nitrogens is 2. The van der Waals surface area contributed by atoms with Crippen molar-refractivity contribution in [1.29, 1.82) is 0 Å². The summed E-state index contributed by atoms with van der Waals surface area (Å²) in [5.74, 6) is 0. The smallest absolute Gasteiger partial charge is 0.0957 e. The number of nitrogens with zero attached hydrogens (tertiary/aromatic N) is 2. The highest BCUT2D eigenvalue weighted by Crippen LogP contribution is 2.24. The minimum Gasteiger partial charge on any atom is -0.387 e. The molecule has 1 heterocycles. The molecule has 1 aromatic carbocycles. The van der Waals surface area contributed by atoms with E-state index in [0.717, 1.165) is 22.6 Å². The van der Waals surface area contributed by atoms with Gasteiger partial charge in [-0.1, -0.05) is 35.1 Å². The minimum absolute atomic E-state index is 0.536. The quantitative estimate of drug-likeness (QED) is 0.927. The summed E-state index contributed by atoms with van der Waals surface area (Å²) in [6, 6.07) is 7.50. The molecule has 0 amide bonds. The van der Waals surface area contributed by atoms with Crippen LogP contribution in [0.25, 0.3) is 0 Å². The van der Waals surface area contributed by atoms with Crippen molar-refractivity contribution < 1.29 is 5.11 Å². The van der Waals surface area contributed by atoms with Crippen LogP contribution in [0.1, 0.15) is 29.2 Å². The van der Waals surface area contributed by atoms with Crippen LogP contribution in [-0.4, -0.2) is 14.7 Å². The van der Waals surface area contributed by atoms with Crippen molar-refractivity contribution in [2.45, 2.75) is 25.9 Å². The van der Waals surface area contributed by atoms with Crippen LogP contribution in [0.3, 0.4) is 0 Å². The van der Waals surface area contributed by atoms with Crippen molar-refractivity contribution in [1.82, 2.24) is 9.59 Å². The Bertz CT molecular complexity index is 484. The Balaban J connectivity index is 2.11. The Morgan fingerprint density at radius 2 is 2.06 bits per heavy atom. The molecule has 2 aromatic rings. The number of hydrogen-bond donors (Lipinski definition) is 1. The molecule has 0 bridgehead atoms. The van der Waals surface area contributed by atoms with Crippen LogP contribution < -0.4 is 0 Å². The van der Waals surface area contributed by atoms with E-state index in [4.69, 9.17) is 11.6 Å². The second-order valence-electron chi connectivity index (χ2n) is 3.78. The zero-order valence-corrected chi connectivity index (χ0v) is 11.0. The summed E-state index contributed by atoms with van der Waals surface area (Å²) in [6.45, 7) is 2.01. The normalized spacial score (nSPS) is 12.6. The van der Waals surface area contributed by atoms with Gasteiger partial charge in [-0.15, -0.1) is 5.10 Å². The van der Waals surface area contributed by atoms with Crippen molar-refractivity contribution in [3.8, 4) is 0 Å². The van der Waals surface area contributed by atoms with Gasteiger partial charge >= 0.3 is 0 Å². The average Bonchev–Trinajstić information content (AvgIpc) is 2.80. The molecular weight excluding hydrogens is 256 g/mol. The Morgan fingerprint density at radius 1 is 1.35 bits per heavy atom. The van der Waals surface area contributed by atoms with Crippen molar-refractivity contribution in [3.63, 3.8) is 0 Å². The summed E-state index contributed by atoms with van der Waals surface area (Å²) in [4.78, 5) is 0.863. The van der Waals surface area contributed by atoms with Crippen LogP contribution in [0.2, 0.25) is 5.02 Å². The first-order valence-electron chi connectivity index (χ1n) is 5.44. The Kier molecular flexibility index (Phi) is 4.10. The molecule has 1 unspecified atom stereocenters. The second kappa shape index (κ2) is 5.58. The van der Waals surface area contributed by atoms with Crippen LogP contribution in [0.4, 0.5) is 0 Å². The Morgan fingerprint density at radius 3 is 2.71 bits per heavy atom. The van der Waals surface area contributed by atoms with E-state index in [0.29, 0.717) is 11.4 Å². The number of rotatable bonds is 4. The first kappa shape index (κ1) is 12.5. The highest BCUT2D eigenvalue weighted by Gasteiger charge is 2.16. The minimum atomic E-state index is -0.536. The Hall–Kier alpha value is -0.970. The van der Waals surface area contributed by atoms with E-state index in [-0.39, 0.29) is 0 Å². The molecule has 0 saturated carbocycles. The molecule has 2 rings (SSSR count). The number of aliphatic hydroxyl groups is 1. The van der Waals surface area contributed by atoms with Gasteiger partial charge in [0.1, 0.15) is 0 Å². The van der Waals surface area contributed by atoms with Gasteiger partial charge in [0.15, 0.2) is 0 Å². The van der Waals surface area contributed by atoms with Gasteiger partial charge in [0, 0.05) is 11.4 Å². The summed E-state index contributed by atoms with van der Waals surface area (Å²) >= 11 is 7.08. The average molecular weight is 269 g/mol. The molecule has 0 radical (unpaired) electrons. The van der Waals surface area contributed by atoms with Crippen LogP contribution in [0.15, 0.2) is 24.3 Å². The van der Waals surface area contributed by atoms with E-state index in [9.17, 15) is 5.11 Å². The number of aryl methyl sites for hydroxylation is 1. The van der Waals surface area contributed by atoms with E-state index in [2.05, 4.69) is 9.59 Å². The summed E-state index contributed by atoms with van der Waals surface area (Å²) in [7, 11) is 0. The second-order valence-corrected chi connectivity index (χ2v) is 5.01. The summed E-state index contributed by atoms with van der Waals surface area (Å²) in [6.07, 6.45) is 0.823. The molecular formula is C12H13ClN2OS.